The molecule has 170 valence electrons. The highest BCUT2D eigenvalue weighted by Gasteiger charge is 2.46. The maximum absolute atomic E-state index is 13.5. The molecule has 2 fully saturated rings. The molecule has 3 aromatic rings. The van der Waals surface area contributed by atoms with Crippen LogP contribution in [0.4, 0.5) is 20.2 Å². The van der Waals surface area contributed by atoms with Crippen molar-refractivity contribution in [2.24, 2.45) is 13.0 Å². The number of anilines is 2. The number of likely N-dealkylation sites (tertiary alicyclic amines) is 1. The van der Waals surface area contributed by atoms with Gasteiger partial charge >= 0.3 is 0 Å². The molecule has 0 spiro atoms. The molecule has 1 aliphatic carbocycles. The van der Waals surface area contributed by atoms with E-state index in [1.807, 2.05) is 36.4 Å². The first-order valence-corrected chi connectivity index (χ1v) is 11.4. The van der Waals surface area contributed by atoms with E-state index >= 15 is 0 Å². The number of carbonyl (C=O) groups is 1. The van der Waals surface area contributed by atoms with Gasteiger partial charge in [0.1, 0.15) is 0 Å². The molecule has 3 heterocycles. The second-order valence-electron chi connectivity index (χ2n) is 9.48. The van der Waals surface area contributed by atoms with Gasteiger partial charge in [0.15, 0.2) is 0 Å². The zero-order chi connectivity index (χ0) is 22.9. The van der Waals surface area contributed by atoms with Crippen molar-refractivity contribution >= 4 is 28.1 Å². The van der Waals surface area contributed by atoms with Crippen molar-refractivity contribution in [3.63, 3.8) is 0 Å². The van der Waals surface area contributed by atoms with Crippen molar-refractivity contribution < 1.29 is 13.6 Å². The van der Waals surface area contributed by atoms with Crippen molar-refractivity contribution in [3.8, 4) is 0 Å². The highest BCUT2D eigenvalue weighted by Crippen LogP contribution is 2.56. The number of nitrogens with zero attached hydrogens (tertiary/aromatic N) is 4. The smallest absolute Gasteiger partial charge is 0.274 e. The second-order valence-corrected chi connectivity index (χ2v) is 9.48. The minimum atomic E-state index is -2.67. The number of piperidine rings is 1. The number of aromatic nitrogens is 2. The lowest BCUT2D eigenvalue weighted by molar-refractivity contribution is -0.0494. The molecular weight excluding hydrogens is 426 g/mol. The van der Waals surface area contributed by atoms with Crippen molar-refractivity contribution in [1.82, 2.24) is 14.7 Å². The van der Waals surface area contributed by atoms with E-state index in [4.69, 9.17) is 0 Å². The first-order chi connectivity index (χ1) is 15.8. The van der Waals surface area contributed by atoms with Crippen molar-refractivity contribution in [1.29, 1.82) is 0 Å². The van der Waals surface area contributed by atoms with Gasteiger partial charge in [-0.2, -0.15) is 5.10 Å². The quantitative estimate of drug-likeness (QED) is 0.591. The van der Waals surface area contributed by atoms with Gasteiger partial charge in [0.25, 0.3) is 17.4 Å². The van der Waals surface area contributed by atoms with Gasteiger partial charge in [-0.05, 0) is 60.2 Å². The average molecular weight is 450 g/mol. The third-order valence-corrected chi connectivity index (χ3v) is 7.33. The summed E-state index contributed by atoms with van der Waals surface area (Å²) in [4.78, 5) is 29.1. The monoisotopic (exact) mass is 450 g/mol. The predicted octanol–water partition coefficient (Wildman–Crippen LogP) is 4.06. The number of fused-ring (bicyclic) bond motifs is 4. The third-order valence-electron chi connectivity index (χ3n) is 7.33. The zero-order valence-electron chi connectivity index (χ0n) is 18.3. The Bertz CT molecular complexity index is 1340. The maximum atomic E-state index is 13.5. The molecule has 33 heavy (non-hydrogen) atoms. The Hall–Kier alpha value is -3.29. The molecule has 6 rings (SSSR count). The van der Waals surface area contributed by atoms with E-state index in [0.29, 0.717) is 22.8 Å². The largest absolute Gasteiger partial charge is 0.341 e. The molecule has 0 bridgehead atoms. The summed E-state index contributed by atoms with van der Waals surface area (Å²) in [5.74, 6) is -1.89. The summed E-state index contributed by atoms with van der Waals surface area (Å²) in [5.41, 5.74) is 3.63. The number of carbonyl (C=O) groups excluding carboxylic acids is 1. The molecular formula is C25H24F2N4O2. The molecule has 3 aliphatic rings. The van der Waals surface area contributed by atoms with Crippen LogP contribution >= 0.6 is 0 Å². The summed E-state index contributed by atoms with van der Waals surface area (Å²) in [6, 6.07) is 11.5. The highest BCUT2D eigenvalue weighted by atomic mass is 19.3. The van der Waals surface area contributed by atoms with E-state index in [9.17, 15) is 18.4 Å². The van der Waals surface area contributed by atoms with Gasteiger partial charge < -0.3 is 9.80 Å². The lowest BCUT2D eigenvalue weighted by Gasteiger charge is -2.33. The fraction of sp³-hybridized carbons (Fsp3) is 0.400. The Kier molecular flexibility index (Phi) is 4.38. The van der Waals surface area contributed by atoms with E-state index in [-0.39, 0.29) is 37.4 Å². The fourth-order valence-corrected chi connectivity index (χ4v) is 5.25. The Balaban J connectivity index is 1.33. The minimum Gasteiger partial charge on any atom is -0.341 e. The topological polar surface area (TPSA) is 58.4 Å². The number of amides is 1. The molecule has 6 nitrogen and oxygen atoms in total. The molecule has 2 unspecified atom stereocenters. The van der Waals surface area contributed by atoms with Gasteiger partial charge in [0.05, 0.1) is 11.6 Å². The Labute approximate surface area is 189 Å². The maximum Gasteiger partial charge on any atom is 0.274 e. The Morgan fingerprint density at radius 2 is 1.91 bits per heavy atom. The van der Waals surface area contributed by atoms with Crippen LogP contribution in [0.15, 0.2) is 47.4 Å². The van der Waals surface area contributed by atoms with E-state index in [2.05, 4.69) is 10.00 Å². The number of alkyl halides is 2. The van der Waals surface area contributed by atoms with Crippen LogP contribution in [-0.4, -0.2) is 46.1 Å². The van der Waals surface area contributed by atoms with Crippen molar-refractivity contribution in [2.75, 3.05) is 24.5 Å². The normalized spacial score (nSPS) is 23.2. The molecule has 0 N–H and O–H groups in total. The third kappa shape index (κ3) is 3.39. The van der Waals surface area contributed by atoms with Gasteiger partial charge in [0, 0.05) is 61.8 Å². The fourth-order valence-electron chi connectivity index (χ4n) is 5.25. The molecule has 1 amide bonds. The number of hydrogen-bond donors (Lipinski definition) is 0. The van der Waals surface area contributed by atoms with E-state index in [1.165, 1.54) is 4.68 Å². The lowest BCUT2D eigenvalue weighted by Crippen LogP contribution is -2.42. The molecule has 0 radical (unpaired) electrons. The SMILES string of the molecule is Cn1ncc2cc(N3CC4CC4c4cc(C(=O)N5CCC(F)(F)CC5)ccc43)ccc2c1=O. The van der Waals surface area contributed by atoms with Crippen LogP contribution in [0.2, 0.25) is 0 Å². The van der Waals surface area contributed by atoms with Crippen LogP contribution in [0.1, 0.15) is 41.1 Å². The molecule has 8 heteroatoms. The van der Waals surface area contributed by atoms with Crippen LogP contribution in [0.25, 0.3) is 10.8 Å². The number of hydrogen-bond acceptors (Lipinski definition) is 4. The lowest BCUT2D eigenvalue weighted by atomic mass is 9.97. The van der Waals surface area contributed by atoms with Gasteiger partial charge in [-0.15, -0.1) is 0 Å². The Morgan fingerprint density at radius 1 is 1.12 bits per heavy atom. The predicted molar refractivity (Wildman–Crippen MR) is 121 cm³/mol. The number of aryl methyl sites for hydroxylation is 1. The molecule has 2 aliphatic heterocycles. The van der Waals surface area contributed by atoms with Gasteiger partial charge in [-0.3, -0.25) is 9.59 Å². The van der Waals surface area contributed by atoms with Gasteiger partial charge in [-0.25, -0.2) is 13.5 Å². The summed E-state index contributed by atoms with van der Waals surface area (Å²) < 4.78 is 28.3. The summed E-state index contributed by atoms with van der Waals surface area (Å²) in [6.07, 6.45) is 2.23. The van der Waals surface area contributed by atoms with Crippen LogP contribution in [0, 0.1) is 5.92 Å². The van der Waals surface area contributed by atoms with E-state index in [1.54, 1.807) is 18.1 Å². The summed E-state index contributed by atoms with van der Waals surface area (Å²) in [5, 5.41) is 5.57. The van der Waals surface area contributed by atoms with Crippen molar-refractivity contribution in [2.45, 2.75) is 31.1 Å². The van der Waals surface area contributed by atoms with Crippen LogP contribution in [-0.2, 0) is 7.05 Å². The molecule has 2 atom stereocenters. The van der Waals surface area contributed by atoms with Crippen LogP contribution in [0.5, 0.6) is 0 Å². The van der Waals surface area contributed by atoms with E-state index in [0.717, 1.165) is 35.3 Å². The van der Waals surface area contributed by atoms with Crippen LogP contribution < -0.4 is 10.5 Å². The average Bonchev–Trinajstić information content (AvgIpc) is 3.60. The van der Waals surface area contributed by atoms with Gasteiger partial charge in [-0.1, -0.05) is 0 Å². The highest BCUT2D eigenvalue weighted by molar-refractivity contribution is 5.95. The number of rotatable bonds is 2. The first kappa shape index (κ1) is 20.3. The van der Waals surface area contributed by atoms with Crippen LogP contribution in [0.3, 0.4) is 0 Å². The van der Waals surface area contributed by atoms with Crippen molar-refractivity contribution in [3.05, 3.63) is 64.1 Å². The first-order valence-electron chi connectivity index (χ1n) is 11.4. The summed E-state index contributed by atoms with van der Waals surface area (Å²) in [6.45, 7) is 1.06. The second kappa shape index (κ2) is 7.10. The zero-order valence-corrected chi connectivity index (χ0v) is 18.3. The molecule has 2 aromatic carbocycles. The standard InChI is InChI=1S/C25H24F2N4O2/c1-29-24(33)19-4-3-18(10-16(19)13-28-29)31-14-17-12-20(17)21-11-15(2-5-22(21)31)23(32)30-8-6-25(26,27)7-9-30/h2-5,10-11,13,17,20H,6-9,12,14H2,1H3. The summed E-state index contributed by atoms with van der Waals surface area (Å²) >= 11 is 0. The number of halogens is 2. The molecule has 1 saturated carbocycles. The minimum absolute atomic E-state index is 0.0890. The van der Waals surface area contributed by atoms with E-state index < -0.39 is 5.92 Å². The number of benzene rings is 2. The molecule has 1 aromatic heterocycles. The Morgan fingerprint density at radius 3 is 2.70 bits per heavy atom. The molecule has 1 saturated heterocycles. The van der Waals surface area contributed by atoms with Gasteiger partial charge in [0.2, 0.25) is 0 Å². The summed E-state index contributed by atoms with van der Waals surface area (Å²) in [7, 11) is 1.64.